The lowest BCUT2D eigenvalue weighted by atomic mass is 9.98. The van der Waals surface area contributed by atoms with Crippen LogP contribution in [0.2, 0.25) is 0 Å². The molecule has 0 amide bonds. The summed E-state index contributed by atoms with van der Waals surface area (Å²) in [5.41, 5.74) is 0.571. The van der Waals surface area contributed by atoms with Gasteiger partial charge in [-0.05, 0) is 24.3 Å². The van der Waals surface area contributed by atoms with E-state index in [0.29, 0.717) is 5.69 Å². The molecular weight excluding hydrogens is 494 g/mol. The fourth-order valence-electron chi connectivity index (χ4n) is 3.91. The summed E-state index contributed by atoms with van der Waals surface area (Å²) in [6.07, 6.45) is -3.81. The van der Waals surface area contributed by atoms with Gasteiger partial charge >= 0.3 is 0 Å². The van der Waals surface area contributed by atoms with Crippen LogP contribution in [0.1, 0.15) is 0 Å². The van der Waals surface area contributed by atoms with Gasteiger partial charge in [0.2, 0.25) is 17.8 Å². The zero-order valence-corrected chi connectivity index (χ0v) is 18.9. The minimum absolute atomic E-state index is 0.0663. The number of fused-ring (bicyclic) bond motifs is 1. The van der Waals surface area contributed by atoms with Crippen molar-refractivity contribution in [3.63, 3.8) is 0 Å². The number of pyridine rings is 1. The molecule has 1 aliphatic rings. The SMILES string of the molecule is O=COCC1OC(Oc2ccc3c(=O)c(-c4ccccn4)coc3c2)C(OC=O)C(OC=O)C1OC=O. The molecular formula is C24H19NO12. The molecule has 2 aromatic heterocycles. The first-order valence-electron chi connectivity index (χ1n) is 10.7. The summed E-state index contributed by atoms with van der Waals surface area (Å²) in [7, 11) is 0. The van der Waals surface area contributed by atoms with Crippen molar-refractivity contribution >= 4 is 36.9 Å². The molecule has 1 fully saturated rings. The van der Waals surface area contributed by atoms with Gasteiger partial charge in [0.25, 0.3) is 25.9 Å². The molecule has 0 spiro atoms. The predicted octanol–water partition coefficient (Wildman–Crippen LogP) is 0.756. The molecule has 3 aromatic rings. The second-order valence-electron chi connectivity index (χ2n) is 7.53. The Balaban J connectivity index is 1.65. The lowest BCUT2D eigenvalue weighted by Gasteiger charge is -2.42. The Labute approximate surface area is 207 Å². The molecule has 13 heteroatoms. The standard InChI is InChI=1S/C24H19NO12/c26-10-31-9-19-21(33-11-27)22(34-12-28)23(35-13-29)24(37-19)36-14-4-5-15-18(7-14)32-8-16(20(15)30)17-3-1-2-6-25-17/h1-8,10-13,19,21-24H,9H2. The van der Waals surface area contributed by atoms with Crippen LogP contribution in [0.5, 0.6) is 5.75 Å². The van der Waals surface area contributed by atoms with Gasteiger partial charge in [-0.2, -0.15) is 0 Å². The van der Waals surface area contributed by atoms with Gasteiger partial charge in [0.1, 0.15) is 30.3 Å². The van der Waals surface area contributed by atoms with Gasteiger partial charge < -0.3 is 32.8 Å². The van der Waals surface area contributed by atoms with E-state index in [4.69, 9.17) is 32.8 Å². The smallest absolute Gasteiger partial charge is 0.293 e. The molecule has 0 bridgehead atoms. The van der Waals surface area contributed by atoms with Gasteiger partial charge in [-0.25, -0.2) is 0 Å². The van der Waals surface area contributed by atoms with Crippen molar-refractivity contribution in [2.45, 2.75) is 30.7 Å². The van der Waals surface area contributed by atoms with Crippen molar-refractivity contribution in [2.75, 3.05) is 6.61 Å². The summed E-state index contributed by atoms with van der Waals surface area (Å²) in [6.45, 7) is -0.0450. The molecule has 0 saturated carbocycles. The Morgan fingerprint density at radius 1 is 0.892 bits per heavy atom. The van der Waals surface area contributed by atoms with E-state index in [9.17, 15) is 24.0 Å². The van der Waals surface area contributed by atoms with Gasteiger partial charge in [-0.1, -0.05) is 6.07 Å². The molecule has 5 atom stereocenters. The average Bonchev–Trinajstić information content (AvgIpc) is 2.91. The van der Waals surface area contributed by atoms with Crippen molar-refractivity contribution in [1.29, 1.82) is 0 Å². The fraction of sp³-hybridized carbons (Fsp3) is 0.250. The van der Waals surface area contributed by atoms with Crippen molar-refractivity contribution in [1.82, 2.24) is 4.98 Å². The van der Waals surface area contributed by atoms with Gasteiger partial charge in [-0.3, -0.25) is 29.0 Å². The number of nitrogens with zero attached hydrogens (tertiary/aromatic N) is 1. The summed E-state index contributed by atoms with van der Waals surface area (Å²) >= 11 is 0. The van der Waals surface area contributed by atoms with Gasteiger partial charge in [0.05, 0.1) is 16.6 Å². The first-order chi connectivity index (χ1) is 18.1. The highest BCUT2D eigenvalue weighted by Gasteiger charge is 2.52. The number of carbonyl (C=O) groups is 4. The van der Waals surface area contributed by atoms with Crippen molar-refractivity contribution in [2.24, 2.45) is 0 Å². The zero-order valence-electron chi connectivity index (χ0n) is 18.9. The van der Waals surface area contributed by atoms with E-state index in [1.165, 1.54) is 24.5 Å². The van der Waals surface area contributed by atoms with Gasteiger partial charge in [-0.15, -0.1) is 0 Å². The maximum absolute atomic E-state index is 13.0. The van der Waals surface area contributed by atoms with Crippen LogP contribution >= 0.6 is 0 Å². The Hall–Kier alpha value is -4.78. The second kappa shape index (κ2) is 11.8. The van der Waals surface area contributed by atoms with Gasteiger partial charge in [0.15, 0.2) is 12.2 Å². The molecule has 1 aliphatic heterocycles. The fourth-order valence-corrected chi connectivity index (χ4v) is 3.91. The summed E-state index contributed by atoms with van der Waals surface area (Å²) in [6, 6.07) is 9.45. The van der Waals surface area contributed by atoms with E-state index in [1.54, 1.807) is 24.4 Å². The lowest BCUT2D eigenvalue weighted by molar-refractivity contribution is -0.282. The second-order valence-corrected chi connectivity index (χ2v) is 7.53. The Bertz CT molecular complexity index is 1310. The molecule has 5 unspecified atom stereocenters. The molecule has 1 aromatic carbocycles. The molecule has 0 aliphatic carbocycles. The molecule has 192 valence electrons. The monoisotopic (exact) mass is 513 g/mol. The molecule has 0 radical (unpaired) electrons. The average molecular weight is 513 g/mol. The van der Waals surface area contributed by atoms with Crippen molar-refractivity contribution in [3.05, 3.63) is 59.1 Å². The largest absolute Gasteiger partial charge is 0.465 e. The highest BCUT2D eigenvalue weighted by Crippen LogP contribution is 2.31. The topological polar surface area (TPSA) is 167 Å². The van der Waals surface area contributed by atoms with Crippen LogP contribution in [-0.4, -0.2) is 68.2 Å². The van der Waals surface area contributed by atoms with Crippen molar-refractivity contribution < 1.29 is 52.0 Å². The summed E-state index contributed by atoms with van der Waals surface area (Å²) in [4.78, 5) is 61.2. The normalized spacial score (nSPS) is 22.9. The number of hydrogen-bond acceptors (Lipinski definition) is 13. The number of hydrogen-bond donors (Lipinski definition) is 0. The highest BCUT2D eigenvalue weighted by atomic mass is 16.7. The van der Waals surface area contributed by atoms with Crippen LogP contribution in [0, 0.1) is 0 Å². The Morgan fingerprint density at radius 2 is 1.65 bits per heavy atom. The summed E-state index contributed by atoms with van der Waals surface area (Å²) in [5.74, 6) is 0.125. The Morgan fingerprint density at radius 3 is 2.35 bits per heavy atom. The Kier molecular flexibility index (Phi) is 8.05. The number of ether oxygens (including phenoxy) is 6. The molecule has 0 N–H and O–H groups in total. The minimum atomic E-state index is -1.42. The van der Waals surface area contributed by atoms with E-state index < -0.39 is 37.3 Å². The van der Waals surface area contributed by atoms with Crippen LogP contribution in [0.3, 0.4) is 0 Å². The lowest BCUT2D eigenvalue weighted by Crippen LogP contribution is -2.62. The number of aromatic nitrogens is 1. The molecule has 1 saturated heterocycles. The van der Waals surface area contributed by atoms with E-state index in [2.05, 4.69) is 4.98 Å². The van der Waals surface area contributed by atoms with E-state index in [-0.39, 0.29) is 53.6 Å². The van der Waals surface area contributed by atoms with Crippen LogP contribution in [0.25, 0.3) is 22.2 Å². The van der Waals surface area contributed by atoms with Crippen LogP contribution in [0.4, 0.5) is 0 Å². The third-order valence-corrected chi connectivity index (χ3v) is 5.50. The summed E-state index contributed by atoms with van der Waals surface area (Å²) in [5, 5.41) is 0.250. The van der Waals surface area contributed by atoms with Crippen LogP contribution in [0.15, 0.2) is 58.1 Å². The number of benzene rings is 1. The summed E-state index contributed by atoms with van der Waals surface area (Å²) < 4.78 is 36.9. The zero-order chi connectivity index (χ0) is 26.2. The van der Waals surface area contributed by atoms with Gasteiger partial charge in [0, 0.05) is 12.3 Å². The van der Waals surface area contributed by atoms with E-state index in [1.807, 2.05) is 0 Å². The minimum Gasteiger partial charge on any atom is -0.465 e. The predicted molar refractivity (Wildman–Crippen MR) is 120 cm³/mol. The first-order valence-corrected chi connectivity index (χ1v) is 10.7. The molecule has 37 heavy (non-hydrogen) atoms. The maximum atomic E-state index is 13.0. The maximum Gasteiger partial charge on any atom is 0.293 e. The molecule has 3 heterocycles. The highest BCUT2D eigenvalue weighted by molar-refractivity contribution is 5.82. The van der Waals surface area contributed by atoms with Crippen LogP contribution < -0.4 is 10.2 Å². The molecule has 4 rings (SSSR count). The van der Waals surface area contributed by atoms with E-state index in [0.717, 1.165) is 0 Å². The quantitative estimate of drug-likeness (QED) is 0.246. The van der Waals surface area contributed by atoms with Crippen LogP contribution in [-0.2, 0) is 42.9 Å². The number of carbonyl (C=O) groups excluding carboxylic acids is 4. The molecule has 13 nitrogen and oxygen atoms in total. The van der Waals surface area contributed by atoms with E-state index >= 15 is 0 Å². The van der Waals surface area contributed by atoms with Crippen molar-refractivity contribution in [3.8, 4) is 17.0 Å². The number of rotatable bonds is 12. The third-order valence-electron chi connectivity index (χ3n) is 5.50. The first kappa shape index (κ1) is 25.3. The third kappa shape index (κ3) is 5.41.